The zero-order valence-electron chi connectivity index (χ0n) is 17.5. The number of rotatable bonds is 5. The smallest absolute Gasteiger partial charge is 0.251 e. The van der Waals surface area contributed by atoms with Gasteiger partial charge in [-0.1, -0.05) is 37.6 Å². The van der Waals surface area contributed by atoms with Crippen molar-refractivity contribution in [2.45, 2.75) is 40.5 Å². The lowest BCUT2D eigenvalue weighted by molar-refractivity contribution is 0.348. The third kappa shape index (κ3) is 4.17. The summed E-state index contributed by atoms with van der Waals surface area (Å²) in [5.41, 5.74) is 5.22. The van der Waals surface area contributed by atoms with Gasteiger partial charge in [-0.3, -0.25) is 5.11 Å². The number of aryl methyl sites for hydroxylation is 2. The fourth-order valence-electron chi connectivity index (χ4n) is 3.52. The standard InChI is InChI=1S/C24H23ClN3O2/c1-13(2)9-19-21-24(27-20(26-19)12-16-5-7-18(25)8-6-16)30-23(28-21)17-10-14(3)22(29)15(4)11-17/h5-8,10-11,13H,9,12H2,1-4H3. The molecule has 0 aliphatic carbocycles. The van der Waals surface area contributed by atoms with E-state index in [0.717, 1.165) is 23.2 Å². The Morgan fingerprint density at radius 3 is 2.30 bits per heavy atom. The summed E-state index contributed by atoms with van der Waals surface area (Å²) in [6.45, 7) is 7.90. The van der Waals surface area contributed by atoms with Crippen LogP contribution in [0.3, 0.4) is 0 Å². The minimum Gasteiger partial charge on any atom is -0.418 e. The van der Waals surface area contributed by atoms with Crippen LogP contribution < -0.4 is 0 Å². The molecule has 0 N–H and O–H groups in total. The maximum atomic E-state index is 12.1. The molecule has 30 heavy (non-hydrogen) atoms. The van der Waals surface area contributed by atoms with Crippen molar-refractivity contribution in [3.05, 3.63) is 69.6 Å². The molecule has 0 bridgehead atoms. The van der Waals surface area contributed by atoms with Crippen LogP contribution in [0.4, 0.5) is 0 Å². The summed E-state index contributed by atoms with van der Waals surface area (Å²) in [5.74, 6) is 1.60. The Morgan fingerprint density at radius 1 is 1.00 bits per heavy atom. The summed E-state index contributed by atoms with van der Waals surface area (Å²) in [7, 11) is 0. The van der Waals surface area contributed by atoms with Crippen LogP contribution in [0, 0.1) is 19.8 Å². The average molecular weight is 421 g/mol. The van der Waals surface area contributed by atoms with Crippen molar-refractivity contribution in [2.24, 2.45) is 5.92 Å². The molecule has 0 spiro atoms. The first-order valence-electron chi connectivity index (χ1n) is 9.99. The molecule has 6 heteroatoms. The number of halogens is 1. The second-order valence-electron chi connectivity index (χ2n) is 8.10. The minimum atomic E-state index is 0.0420. The van der Waals surface area contributed by atoms with Crippen LogP contribution in [0.15, 0.2) is 40.8 Å². The van der Waals surface area contributed by atoms with Crippen LogP contribution in [0.2, 0.25) is 5.02 Å². The van der Waals surface area contributed by atoms with Crippen LogP contribution in [-0.2, 0) is 17.9 Å². The number of benzene rings is 2. The molecule has 0 aliphatic heterocycles. The maximum Gasteiger partial charge on any atom is 0.251 e. The molecular formula is C24H23ClN3O2. The van der Waals surface area contributed by atoms with E-state index in [1.54, 1.807) is 13.8 Å². The monoisotopic (exact) mass is 420 g/mol. The normalized spacial score (nSPS) is 11.5. The SMILES string of the molecule is Cc1cc(-c2nc3c(CC(C)C)nc(Cc4ccc(Cl)cc4)nc3o2)cc(C)c1[O]. The van der Waals surface area contributed by atoms with Gasteiger partial charge in [0.15, 0.2) is 11.3 Å². The number of hydrogen-bond acceptors (Lipinski definition) is 4. The van der Waals surface area contributed by atoms with Gasteiger partial charge in [0.1, 0.15) is 5.82 Å². The van der Waals surface area contributed by atoms with Crippen molar-refractivity contribution in [2.75, 3.05) is 0 Å². The van der Waals surface area contributed by atoms with E-state index in [9.17, 15) is 5.11 Å². The summed E-state index contributed by atoms with van der Waals surface area (Å²) in [4.78, 5) is 14.1. The van der Waals surface area contributed by atoms with E-state index in [1.807, 2.05) is 36.4 Å². The predicted octanol–water partition coefficient (Wildman–Crippen LogP) is 6.49. The molecule has 2 heterocycles. The molecule has 2 aromatic carbocycles. The third-order valence-electron chi connectivity index (χ3n) is 4.96. The zero-order chi connectivity index (χ0) is 21.4. The predicted molar refractivity (Wildman–Crippen MR) is 117 cm³/mol. The second kappa shape index (κ2) is 8.07. The molecule has 0 aliphatic rings. The molecule has 0 unspecified atom stereocenters. The highest BCUT2D eigenvalue weighted by molar-refractivity contribution is 6.30. The largest absolute Gasteiger partial charge is 0.418 e. The van der Waals surface area contributed by atoms with Crippen molar-refractivity contribution in [3.8, 4) is 17.2 Å². The Balaban J connectivity index is 1.80. The summed E-state index contributed by atoms with van der Waals surface area (Å²) in [5, 5.41) is 12.8. The van der Waals surface area contributed by atoms with Gasteiger partial charge in [0, 0.05) is 17.0 Å². The van der Waals surface area contributed by atoms with Crippen LogP contribution >= 0.6 is 11.6 Å². The van der Waals surface area contributed by atoms with E-state index in [4.69, 9.17) is 26.0 Å². The molecule has 4 aromatic rings. The molecule has 0 saturated carbocycles. The Morgan fingerprint density at radius 2 is 1.67 bits per heavy atom. The van der Waals surface area contributed by atoms with Gasteiger partial charge in [-0.15, -0.1) is 0 Å². The first-order valence-corrected chi connectivity index (χ1v) is 10.4. The lowest BCUT2D eigenvalue weighted by Gasteiger charge is -2.07. The fraction of sp³-hybridized carbons (Fsp3) is 0.292. The van der Waals surface area contributed by atoms with Gasteiger partial charge >= 0.3 is 0 Å². The van der Waals surface area contributed by atoms with Gasteiger partial charge in [0.05, 0.1) is 5.69 Å². The van der Waals surface area contributed by atoms with Crippen molar-refractivity contribution < 1.29 is 9.52 Å². The summed E-state index contributed by atoms with van der Waals surface area (Å²) >= 11 is 5.99. The van der Waals surface area contributed by atoms with E-state index >= 15 is 0 Å². The molecule has 1 radical (unpaired) electrons. The number of hydrogen-bond donors (Lipinski definition) is 0. The highest BCUT2D eigenvalue weighted by Crippen LogP contribution is 2.31. The van der Waals surface area contributed by atoms with Crippen molar-refractivity contribution in [1.29, 1.82) is 0 Å². The van der Waals surface area contributed by atoms with E-state index < -0.39 is 0 Å². The van der Waals surface area contributed by atoms with Crippen LogP contribution in [0.25, 0.3) is 22.7 Å². The summed E-state index contributed by atoms with van der Waals surface area (Å²) in [6, 6.07) is 11.3. The molecule has 2 aromatic heterocycles. The van der Waals surface area contributed by atoms with Crippen molar-refractivity contribution >= 4 is 22.8 Å². The molecule has 0 saturated heterocycles. The number of fused-ring (bicyclic) bond motifs is 1. The van der Waals surface area contributed by atoms with E-state index in [0.29, 0.717) is 51.4 Å². The Bertz CT molecular complexity index is 1190. The van der Waals surface area contributed by atoms with Crippen LogP contribution in [-0.4, -0.2) is 15.0 Å². The van der Waals surface area contributed by atoms with Crippen LogP contribution in [0.1, 0.15) is 42.1 Å². The fourth-order valence-corrected chi connectivity index (χ4v) is 3.64. The van der Waals surface area contributed by atoms with Crippen molar-refractivity contribution in [1.82, 2.24) is 15.0 Å². The Kier molecular flexibility index (Phi) is 5.48. The lowest BCUT2D eigenvalue weighted by Crippen LogP contribution is -2.04. The Hall–Kier alpha value is -2.92. The summed E-state index contributed by atoms with van der Waals surface area (Å²) in [6.07, 6.45) is 1.35. The van der Waals surface area contributed by atoms with Gasteiger partial charge in [-0.05, 0) is 67.1 Å². The van der Waals surface area contributed by atoms with Gasteiger partial charge < -0.3 is 4.42 Å². The topological polar surface area (TPSA) is 71.7 Å². The minimum absolute atomic E-state index is 0.0420. The average Bonchev–Trinajstić information content (AvgIpc) is 3.11. The maximum absolute atomic E-state index is 12.1. The van der Waals surface area contributed by atoms with E-state index in [2.05, 4.69) is 18.8 Å². The van der Waals surface area contributed by atoms with Gasteiger partial charge in [-0.25, -0.2) is 9.97 Å². The number of aromatic nitrogens is 3. The molecule has 153 valence electrons. The molecule has 4 rings (SSSR count). The van der Waals surface area contributed by atoms with Gasteiger partial charge in [0.25, 0.3) is 5.71 Å². The Labute approximate surface area is 180 Å². The van der Waals surface area contributed by atoms with Crippen LogP contribution in [0.5, 0.6) is 5.75 Å². The highest BCUT2D eigenvalue weighted by Gasteiger charge is 2.18. The molecule has 0 atom stereocenters. The lowest BCUT2D eigenvalue weighted by atomic mass is 10.1. The van der Waals surface area contributed by atoms with E-state index in [-0.39, 0.29) is 5.75 Å². The highest BCUT2D eigenvalue weighted by atomic mass is 35.5. The number of nitrogens with zero attached hydrogens (tertiary/aromatic N) is 3. The summed E-state index contributed by atoms with van der Waals surface area (Å²) < 4.78 is 6.04. The quantitative estimate of drug-likeness (QED) is 0.370. The molecule has 0 amide bonds. The van der Waals surface area contributed by atoms with Gasteiger partial charge in [0.2, 0.25) is 5.89 Å². The second-order valence-corrected chi connectivity index (χ2v) is 8.54. The first kappa shape index (κ1) is 20.4. The molecular weight excluding hydrogens is 398 g/mol. The molecule has 5 nitrogen and oxygen atoms in total. The first-order chi connectivity index (χ1) is 14.3. The number of oxazole rings is 1. The third-order valence-corrected chi connectivity index (χ3v) is 5.21. The zero-order valence-corrected chi connectivity index (χ0v) is 18.2. The molecule has 0 fully saturated rings. The van der Waals surface area contributed by atoms with Gasteiger partial charge in [-0.2, -0.15) is 4.98 Å². The van der Waals surface area contributed by atoms with Crippen molar-refractivity contribution in [3.63, 3.8) is 0 Å². The van der Waals surface area contributed by atoms with E-state index in [1.165, 1.54) is 0 Å².